The van der Waals surface area contributed by atoms with Crippen LogP contribution in [0.25, 0.3) is 0 Å². The molecule has 1 saturated carbocycles. The monoisotopic (exact) mass is 404 g/mol. The van der Waals surface area contributed by atoms with Crippen molar-refractivity contribution in [2.75, 3.05) is 26.7 Å². The molecule has 4 nitrogen and oxygen atoms in total. The van der Waals surface area contributed by atoms with Crippen LogP contribution in [0.1, 0.15) is 41.6 Å². The first-order chi connectivity index (χ1) is 14.6. The largest absolute Gasteiger partial charge is 0.497 e. The molecule has 30 heavy (non-hydrogen) atoms. The maximum absolute atomic E-state index is 12.8. The number of benzene rings is 2. The van der Waals surface area contributed by atoms with Crippen LogP contribution in [0.4, 0.5) is 0 Å². The summed E-state index contributed by atoms with van der Waals surface area (Å²) in [5.74, 6) is 1.51. The average molecular weight is 405 g/mol. The molecule has 4 rings (SSSR count). The summed E-state index contributed by atoms with van der Waals surface area (Å²) in [6, 6.07) is 18.3. The molecule has 1 aliphatic heterocycles. The molecule has 0 radical (unpaired) electrons. The number of methoxy groups -OCH3 is 1. The molecule has 1 heterocycles. The van der Waals surface area contributed by atoms with Crippen molar-refractivity contribution >= 4 is 5.91 Å². The number of hydrogen-bond acceptors (Lipinski definition) is 3. The van der Waals surface area contributed by atoms with E-state index in [1.54, 1.807) is 7.11 Å². The van der Waals surface area contributed by atoms with Gasteiger partial charge in [0.25, 0.3) is 5.91 Å². The standard InChI is InChI=1S/C26H32N2O2/c1-3-15-28-16-14-26(21-10-7-11-24(17-21)30-2)18-23(13-12-22(26)19-28)27-25(29)20-8-5-4-6-9-20/h3-11,17,22-23H,1,12-16,18-19H2,2H3,(H,27,29)/t22?,23-,26?/m1/s1. The summed E-state index contributed by atoms with van der Waals surface area (Å²) in [5.41, 5.74) is 2.15. The number of fused-ring (bicyclic) bond motifs is 1. The maximum atomic E-state index is 12.8. The molecule has 0 bridgehead atoms. The van der Waals surface area contributed by atoms with E-state index in [4.69, 9.17) is 4.74 Å². The lowest BCUT2D eigenvalue weighted by molar-refractivity contribution is 0.0473. The van der Waals surface area contributed by atoms with Crippen LogP contribution in [0.5, 0.6) is 5.75 Å². The van der Waals surface area contributed by atoms with E-state index < -0.39 is 0 Å². The van der Waals surface area contributed by atoms with Gasteiger partial charge >= 0.3 is 0 Å². The number of ether oxygens (including phenoxy) is 1. The fourth-order valence-corrected chi connectivity index (χ4v) is 5.48. The number of nitrogens with one attached hydrogen (secondary N) is 1. The maximum Gasteiger partial charge on any atom is 0.251 e. The first-order valence-corrected chi connectivity index (χ1v) is 11.0. The topological polar surface area (TPSA) is 41.6 Å². The van der Waals surface area contributed by atoms with E-state index in [1.807, 2.05) is 42.5 Å². The van der Waals surface area contributed by atoms with Gasteiger partial charge in [-0.15, -0.1) is 6.58 Å². The van der Waals surface area contributed by atoms with Crippen LogP contribution in [0.15, 0.2) is 67.3 Å². The quantitative estimate of drug-likeness (QED) is 0.725. The summed E-state index contributed by atoms with van der Waals surface area (Å²) < 4.78 is 5.54. The first-order valence-electron chi connectivity index (χ1n) is 11.0. The van der Waals surface area contributed by atoms with E-state index in [-0.39, 0.29) is 17.4 Å². The number of piperidine rings is 1. The summed E-state index contributed by atoms with van der Waals surface area (Å²) in [6.45, 7) is 7.01. The van der Waals surface area contributed by atoms with E-state index in [0.29, 0.717) is 5.92 Å². The van der Waals surface area contributed by atoms with Crippen LogP contribution in [-0.4, -0.2) is 43.6 Å². The molecule has 0 aromatic heterocycles. The van der Waals surface area contributed by atoms with Crippen molar-refractivity contribution in [2.24, 2.45) is 5.92 Å². The Morgan fingerprint density at radius 3 is 2.83 bits per heavy atom. The highest BCUT2D eigenvalue weighted by Crippen LogP contribution is 2.49. The smallest absolute Gasteiger partial charge is 0.251 e. The van der Waals surface area contributed by atoms with Crippen molar-refractivity contribution in [3.63, 3.8) is 0 Å². The number of rotatable bonds is 6. The van der Waals surface area contributed by atoms with Crippen LogP contribution in [0.3, 0.4) is 0 Å². The van der Waals surface area contributed by atoms with Gasteiger partial charge in [-0.1, -0.05) is 36.4 Å². The Kier molecular flexibility index (Phi) is 6.24. The third-order valence-electron chi connectivity index (χ3n) is 7.01. The fourth-order valence-electron chi connectivity index (χ4n) is 5.48. The molecule has 2 aliphatic rings. The Bertz CT molecular complexity index is 882. The van der Waals surface area contributed by atoms with Crippen LogP contribution >= 0.6 is 0 Å². The normalized spacial score (nSPS) is 26.4. The predicted molar refractivity (Wildman–Crippen MR) is 121 cm³/mol. The molecular weight excluding hydrogens is 372 g/mol. The molecule has 1 N–H and O–H groups in total. The molecule has 1 saturated heterocycles. The van der Waals surface area contributed by atoms with Gasteiger partial charge in [0.05, 0.1) is 7.11 Å². The van der Waals surface area contributed by atoms with E-state index in [1.165, 1.54) is 5.56 Å². The van der Waals surface area contributed by atoms with Crippen molar-refractivity contribution in [1.82, 2.24) is 10.2 Å². The van der Waals surface area contributed by atoms with Crippen molar-refractivity contribution in [3.05, 3.63) is 78.4 Å². The second-order valence-corrected chi connectivity index (χ2v) is 8.70. The third-order valence-corrected chi connectivity index (χ3v) is 7.01. The second kappa shape index (κ2) is 9.05. The Hall–Kier alpha value is -2.59. The van der Waals surface area contributed by atoms with Crippen LogP contribution in [-0.2, 0) is 5.41 Å². The molecule has 0 spiro atoms. The van der Waals surface area contributed by atoms with Crippen LogP contribution in [0, 0.1) is 5.92 Å². The van der Waals surface area contributed by atoms with Crippen molar-refractivity contribution in [3.8, 4) is 5.75 Å². The highest BCUT2D eigenvalue weighted by molar-refractivity contribution is 5.94. The fraction of sp³-hybridized carbons (Fsp3) is 0.423. The zero-order valence-electron chi connectivity index (χ0n) is 17.8. The van der Waals surface area contributed by atoms with Crippen LogP contribution in [0.2, 0.25) is 0 Å². The molecule has 2 aromatic carbocycles. The number of amides is 1. The number of carbonyl (C=O) groups is 1. The molecule has 2 aromatic rings. The van der Waals surface area contributed by atoms with Gasteiger partial charge in [0, 0.05) is 30.1 Å². The average Bonchev–Trinajstić information content (AvgIpc) is 2.80. The molecular formula is C26H32N2O2. The molecule has 3 atom stereocenters. The Balaban J connectivity index is 1.59. The highest BCUT2D eigenvalue weighted by Gasteiger charge is 2.48. The van der Waals surface area contributed by atoms with Gasteiger partial charge in [-0.05, 0) is 68.0 Å². The lowest BCUT2D eigenvalue weighted by Gasteiger charge is -2.53. The van der Waals surface area contributed by atoms with Gasteiger partial charge in [0.2, 0.25) is 0 Å². The van der Waals surface area contributed by atoms with Gasteiger partial charge in [-0.25, -0.2) is 0 Å². The highest BCUT2D eigenvalue weighted by atomic mass is 16.5. The van der Waals surface area contributed by atoms with Gasteiger partial charge in [-0.2, -0.15) is 0 Å². The zero-order chi connectivity index (χ0) is 21.0. The Labute approximate surface area is 179 Å². The third kappa shape index (κ3) is 4.15. The summed E-state index contributed by atoms with van der Waals surface area (Å²) in [5, 5.41) is 3.33. The summed E-state index contributed by atoms with van der Waals surface area (Å²) >= 11 is 0. The molecule has 4 heteroatoms. The van der Waals surface area contributed by atoms with Gasteiger partial charge in [-0.3, -0.25) is 9.69 Å². The Morgan fingerprint density at radius 1 is 1.23 bits per heavy atom. The van der Waals surface area contributed by atoms with E-state index in [0.717, 1.165) is 56.6 Å². The minimum atomic E-state index is 0.0314. The zero-order valence-corrected chi connectivity index (χ0v) is 17.8. The summed E-state index contributed by atoms with van der Waals surface area (Å²) in [6.07, 6.45) is 6.22. The summed E-state index contributed by atoms with van der Waals surface area (Å²) in [7, 11) is 1.73. The number of hydrogen-bond donors (Lipinski definition) is 1. The SMILES string of the molecule is C=CCN1CCC2(c3cccc(OC)c3)C[C@H](NC(=O)c3ccccc3)CCC2C1. The molecule has 2 unspecified atom stereocenters. The van der Waals surface area contributed by atoms with Crippen molar-refractivity contribution in [2.45, 2.75) is 37.1 Å². The van der Waals surface area contributed by atoms with Gasteiger partial charge < -0.3 is 10.1 Å². The van der Waals surface area contributed by atoms with Crippen molar-refractivity contribution in [1.29, 1.82) is 0 Å². The Morgan fingerprint density at radius 2 is 2.07 bits per heavy atom. The first kappa shape index (κ1) is 20.7. The number of likely N-dealkylation sites (tertiary alicyclic amines) is 1. The van der Waals surface area contributed by atoms with Crippen LogP contribution < -0.4 is 10.1 Å². The minimum Gasteiger partial charge on any atom is -0.497 e. The lowest BCUT2D eigenvalue weighted by atomic mass is 9.58. The second-order valence-electron chi connectivity index (χ2n) is 8.70. The molecule has 1 amide bonds. The van der Waals surface area contributed by atoms with Crippen molar-refractivity contribution < 1.29 is 9.53 Å². The number of carbonyl (C=O) groups excluding carboxylic acids is 1. The summed E-state index contributed by atoms with van der Waals surface area (Å²) in [4.78, 5) is 15.3. The number of nitrogens with zero attached hydrogens (tertiary/aromatic N) is 1. The van der Waals surface area contributed by atoms with Gasteiger partial charge in [0.1, 0.15) is 5.75 Å². The minimum absolute atomic E-state index is 0.0314. The van der Waals surface area contributed by atoms with E-state index in [2.05, 4.69) is 35.0 Å². The van der Waals surface area contributed by atoms with E-state index in [9.17, 15) is 4.79 Å². The van der Waals surface area contributed by atoms with E-state index >= 15 is 0 Å². The molecule has 2 fully saturated rings. The van der Waals surface area contributed by atoms with Gasteiger partial charge in [0.15, 0.2) is 0 Å². The molecule has 158 valence electrons. The lowest BCUT2D eigenvalue weighted by Crippen LogP contribution is -2.56. The predicted octanol–water partition coefficient (Wildman–Crippen LogP) is 4.42. The molecule has 1 aliphatic carbocycles.